The van der Waals surface area contributed by atoms with Crippen LogP contribution in [0, 0.1) is 20.8 Å². The maximum atomic E-state index is 13.3. The molecule has 1 spiro atoms. The number of piperidine rings is 1. The summed E-state index contributed by atoms with van der Waals surface area (Å²) in [7, 11) is -3.49. The van der Waals surface area contributed by atoms with E-state index in [0.717, 1.165) is 35.3 Å². The van der Waals surface area contributed by atoms with Crippen molar-refractivity contribution < 1.29 is 8.42 Å². The first-order valence-electron chi connectivity index (χ1n) is 10.4. The molecule has 1 fully saturated rings. The highest BCUT2D eigenvalue weighted by Crippen LogP contribution is 2.44. The normalized spacial score (nSPS) is 18.0. The number of nitrogens with one attached hydrogen (secondary N) is 1. The summed E-state index contributed by atoms with van der Waals surface area (Å²) in [5.74, 6) is 0. The molecule has 156 valence electrons. The van der Waals surface area contributed by atoms with Crippen molar-refractivity contribution in [1.29, 1.82) is 0 Å². The molecule has 3 aromatic rings. The Morgan fingerprint density at radius 1 is 0.933 bits per heavy atom. The van der Waals surface area contributed by atoms with Crippen LogP contribution in [0.3, 0.4) is 0 Å². The van der Waals surface area contributed by atoms with Gasteiger partial charge >= 0.3 is 0 Å². The number of anilines is 1. The summed E-state index contributed by atoms with van der Waals surface area (Å²) < 4.78 is 30.4. The SMILES string of the molecule is Cc1ccc2c(c1)NC1(CCN(S(=O)(=O)c3ccc(C)c(C)c3)CC1)c1cccn1-2. The minimum atomic E-state index is -3.49. The lowest BCUT2D eigenvalue weighted by Gasteiger charge is -2.46. The third-order valence-electron chi connectivity index (χ3n) is 6.72. The van der Waals surface area contributed by atoms with Gasteiger partial charge in [-0.1, -0.05) is 12.1 Å². The van der Waals surface area contributed by atoms with Crippen LogP contribution in [-0.2, 0) is 15.6 Å². The number of aromatic nitrogens is 1. The minimum absolute atomic E-state index is 0.250. The summed E-state index contributed by atoms with van der Waals surface area (Å²) in [6.07, 6.45) is 3.56. The summed E-state index contributed by atoms with van der Waals surface area (Å²) in [6, 6.07) is 16.1. The van der Waals surface area contributed by atoms with Gasteiger partial charge in [0.25, 0.3) is 0 Å². The van der Waals surface area contributed by atoms with Crippen LogP contribution in [0.25, 0.3) is 5.69 Å². The second kappa shape index (κ2) is 6.72. The lowest BCUT2D eigenvalue weighted by Crippen LogP contribution is -2.51. The van der Waals surface area contributed by atoms with Crippen molar-refractivity contribution in [3.8, 4) is 5.69 Å². The fourth-order valence-corrected chi connectivity index (χ4v) is 6.30. The van der Waals surface area contributed by atoms with E-state index in [1.807, 2.05) is 19.9 Å². The van der Waals surface area contributed by atoms with Gasteiger partial charge in [-0.25, -0.2) is 8.42 Å². The van der Waals surface area contributed by atoms with E-state index < -0.39 is 10.0 Å². The zero-order chi connectivity index (χ0) is 21.1. The van der Waals surface area contributed by atoms with Gasteiger partial charge in [-0.15, -0.1) is 0 Å². The van der Waals surface area contributed by atoms with Gasteiger partial charge in [0.05, 0.1) is 21.8 Å². The van der Waals surface area contributed by atoms with E-state index in [1.54, 1.807) is 16.4 Å². The van der Waals surface area contributed by atoms with E-state index in [1.165, 1.54) is 11.3 Å². The van der Waals surface area contributed by atoms with Gasteiger partial charge in [0.2, 0.25) is 10.0 Å². The Balaban J connectivity index is 1.45. The van der Waals surface area contributed by atoms with Crippen molar-refractivity contribution in [2.75, 3.05) is 18.4 Å². The number of nitrogens with zero attached hydrogens (tertiary/aromatic N) is 2. The monoisotopic (exact) mass is 421 g/mol. The van der Waals surface area contributed by atoms with Crippen LogP contribution in [0.4, 0.5) is 5.69 Å². The number of benzene rings is 2. The molecule has 0 saturated carbocycles. The standard InChI is InChI=1S/C24H27N3O2S/c1-17-6-9-22-21(15-17)25-24(23-5-4-12-27(22)23)10-13-26(14-11-24)30(28,29)20-8-7-18(2)19(3)16-20/h4-9,12,15-16,25H,10-11,13-14H2,1-3H3. The maximum absolute atomic E-state index is 13.3. The Kier molecular flexibility index (Phi) is 4.35. The third kappa shape index (κ3) is 2.89. The molecule has 3 heterocycles. The lowest BCUT2D eigenvalue weighted by molar-refractivity contribution is 0.247. The maximum Gasteiger partial charge on any atom is 0.243 e. The highest BCUT2D eigenvalue weighted by molar-refractivity contribution is 7.89. The molecular formula is C24H27N3O2S. The molecule has 5 rings (SSSR count). The van der Waals surface area contributed by atoms with Crippen molar-refractivity contribution >= 4 is 15.7 Å². The molecule has 0 aliphatic carbocycles. The summed E-state index contributed by atoms with van der Waals surface area (Å²) in [5.41, 5.74) is 6.54. The topological polar surface area (TPSA) is 54.3 Å². The Labute approximate surface area is 178 Å². The molecule has 0 amide bonds. The average molecular weight is 422 g/mol. The van der Waals surface area contributed by atoms with Crippen molar-refractivity contribution in [3.63, 3.8) is 0 Å². The van der Waals surface area contributed by atoms with E-state index in [9.17, 15) is 8.42 Å². The first-order valence-corrected chi connectivity index (χ1v) is 11.9. The highest BCUT2D eigenvalue weighted by atomic mass is 32.2. The first-order chi connectivity index (χ1) is 14.3. The molecule has 5 nitrogen and oxygen atoms in total. The van der Waals surface area contributed by atoms with Gasteiger partial charge in [0.1, 0.15) is 0 Å². The number of fused-ring (bicyclic) bond motifs is 4. The Morgan fingerprint density at radius 2 is 1.70 bits per heavy atom. The molecule has 2 aromatic carbocycles. The summed E-state index contributed by atoms with van der Waals surface area (Å²) >= 11 is 0. The van der Waals surface area contributed by atoms with Gasteiger partial charge < -0.3 is 9.88 Å². The van der Waals surface area contributed by atoms with Gasteiger partial charge in [-0.3, -0.25) is 0 Å². The van der Waals surface area contributed by atoms with Gasteiger partial charge in [-0.05, 0) is 86.7 Å². The molecule has 0 atom stereocenters. The second-order valence-corrected chi connectivity index (χ2v) is 10.6. The zero-order valence-corrected chi connectivity index (χ0v) is 18.5. The predicted octanol–water partition coefficient (Wildman–Crippen LogP) is 4.51. The fourth-order valence-electron chi connectivity index (χ4n) is 4.78. The largest absolute Gasteiger partial charge is 0.372 e. The minimum Gasteiger partial charge on any atom is -0.372 e. The second-order valence-electron chi connectivity index (χ2n) is 8.64. The number of sulfonamides is 1. The van der Waals surface area contributed by atoms with E-state index in [0.29, 0.717) is 18.0 Å². The summed E-state index contributed by atoms with van der Waals surface area (Å²) in [5, 5.41) is 3.78. The Morgan fingerprint density at radius 3 is 2.43 bits per heavy atom. The molecule has 2 aliphatic heterocycles. The van der Waals surface area contributed by atoms with Crippen LogP contribution in [-0.4, -0.2) is 30.4 Å². The molecule has 2 aliphatic rings. The van der Waals surface area contributed by atoms with Crippen LogP contribution in [0.2, 0.25) is 0 Å². The molecule has 30 heavy (non-hydrogen) atoms. The van der Waals surface area contributed by atoms with Gasteiger partial charge in [-0.2, -0.15) is 4.31 Å². The first kappa shape index (κ1) is 19.4. The molecule has 1 N–H and O–H groups in total. The van der Waals surface area contributed by atoms with Crippen LogP contribution in [0.15, 0.2) is 59.6 Å². The Bertz CT molecular complexity index is 1240. The predicted molar refractivity (Wildman–Crippen MR) is 120 cm³/mol. The average Bonchev–Trinajstić information content (AvgIpc) is 3.21. The highest BCUT2D eigenvalue weighted by Gasteiger charge is 2.43. The van der Waals surface area contributed by atoms with Crippen molar-refractivity contribution in [2.24, 2.45) is 0 Å². The molecule has 6 heteroatoms. The molecule has 0 bridgehead atoms. The molecule has 1 saturated heterocycles. The van der Waals surface area contributed by atoms with Crippen LogP contribution < -0.4 is 5.32 Å². The summed E-state index contributed by atoms with van der Waals surface area (Å²) in [6.45, 7) is 7.04. The Hall–Kier alpha value is -2.57. The number of hydrogen-bond donors (Lipinski definition) is 1. The third-order valence-corrected chi connectivity index (χ3v) is 8.61. The zero-order valence-electron chi connectivity index (χ0n) is 17.6. The molecule has 0 unspecified atom stereocenters. The van der Waals surface area contributed by atoms with Crippen LogP contribution >= 0.6 is 0 Å². The summed E-state index contributed by atoms with van der Waals surface area (Å²) in [4.78, 5) is 0.391. The van der Waals surface area contributed by atoms with Gasteiger partial charge in [0, 0.05) is 25.0 Å². The van der Waals surface area contributed by atoms with E-state index in [2.05, 4.69) is 53.3 Å². The number of hydrogen-bond acceptors (Lipinski definition) is 3. The van der Waals surface area contributed by atoms with Gasteiger partial charge in [0.15, 0.2) is 0 Å². The molecule has 0 radical (unpaired) electrons. The van der Waals surface area contributed by atoms with Crippen molar-refractivity contribution in [1.82, 2.24) is 8.87 Å². The van der Waals surface area contributed by atoms with Crippen LogP contribution in [0.5, 0.6) is 0 Å². The van der Waals surface area contributed by atoms with Crippen molar-refractivity contribution in [3.05, 3.63) is 77.1 Å². The van der Waals surface area contributed by atoms with E-state index >= 15 is 0 Å². The number of rotatable bonds is 2. The smallest absolute Gasteiger partial charge is 0.243 e. The van der Waals surface area contributed by atoms with Crippen molar-refractivity contribution in [2.45, 2.75) is 44.0 Å². The molecular weight excluding hydrogens is 394 g/mol. The lowest BCUT2D eigenvalue weighted by atomic mass is 9.83. The quantitative estimate of drug-likeness (QED) is 0.662. The van der Waals surface area contributed by atoms with E-state index in [4.69, 9.17) is 0 Å². The fraction of sp³-hybridized carbons (Fsp3) is 0.333. The van der Waals surface area contributed by atoms with Crippen LogP contribution in [0.1, 0.15) is 35.2 Å². The van der Waals surface area contributed by atoms with E-state index in [-0.39, 0.29) is 5.54 Å². The molecule has 1 aromatic heterocycles. The number of aryl methyl sites for hydroxylation is 3.